The van der Waals surface area contributed by atoms with Gasteiger partial charge in [0.25, 0.3) is 5.56 Å². The van der Waals surface area contributed by atoms with E-state index in [9.17, 15) is 18.0 Å². The number of alkyl halides is 3. The first-order chi connectivity index (χ1) is 12.4. The zero-order chi connectivity index (χ0) is 18.3. The van der Waals surface area contributed by atoms with E-state index >= 15 is 0 Å². The lowest BCUT2D eigenvalue weighted by molar-refractivity contribution is -0.137. The van der Waals surface area contributed by atoms with Crippen LogP contribution in [0.2, 0.25) is 0 Å². The number of rotatable bonds is 2. The van der Waals surface area contributed by atoms with E-state index in [1.54, 1.807) is 18.2 Å². The molecule has 1 aliphatic heterocycles. The molecular weight excluding hydrogens is 343 g/mol. The molecule has 0 amide bonds. The first-order valence-corrected chi connectivity index (χ1v) is 8.33. The lowest BCUT2D eigenvalue weighted by Crippen LogP contribution is -2.23. The molecule has 3 aromatic rings. The number of nitrogens with one attached hydrogen (secondary N) is 1. The fourth-order valence-electron chi connectivity index (χ4n) is 3.53. The van der Waals surface area contributed by atoms with E-state index in [0.717, 1.165) is 17.9 Å². The molecule has 1 fully saturated rings. The van der Waals surface area contributed by atoms with Gasteiger partial charge < -0.3 is 4.90 Å². The van der Waals surface area contributed by atoms with Crippen molar-refractivity contribution < 1.29 is 13.2 Å². The number of aromatic nitrogens is 2. The fourth-order valence-corrected chi connectivity index (χ4v) is 3.53. The molecule has 0 saturated carbocycles. The van der Waals surface area contributed by atoms with Gasteiger partial charge in [-0.05, 0) is 24.1 Å². The number of benzene rings is 2. The molecule has 2 heterocycles. The van der Waals surface area contributed by atoms with Gasteiger partial charge in [0.1, 0.15) is 0 Å². The first kappa shape index (κ1) is 16.6. The highest BCUT2D eigenvalue weighted by Crippen LogP contribution is 2.35. The highest BCUT2D eigenvalue weighted by molar-refractivity contribution is 5.91. The van der Waals surface area contributed by atoms with Crippen molar-refractivity contribution in [1.29, 1.82) is 0 Å². The molecule has 4 rings (SSSR count). The summed E-state index contributed by atoms with van der Waals surface area (Å²) in [7, 11) is 0. The molecule has 0 aliphatic carbocycles. The van der Waals surface area contributed by atoms with Crippen LogP contribution < -0.4 is 10.5 Å². The second kappa shape index (κ2) is 6.16. The van der Waals surface area contributed by atoms with Crippen LogP contribution >= 0.6 is 0 Å². The smallest absolute Gasteiger partial charge is 0.354 e. The number of halogens is 3. The minimum atomic E-state index is -4.34. The largest absolute Gasteiger partial charge is 0.416 e. The number of hydrogen-bond acceptors (Lipinski definition) is 3. The Kier molecular flexibility index (Phi) is 3.94. The molecule has 7 heteroatoms. The van der Waals surface area contributed by atoms with Crippen molar-refractivity contribution in [2.24, 2.45) is 0 Å². The van der Waals surface area contributed by atoms with E-state index in [-0.39, 0.29) is 11.5 Å². The Hall–Kier alpha value is -2.83. The summed E-state index contributed by atoms with van der Waals surface area (Å²) in [6, 6.07) is 12.7. The molecule has 4 nitrogen and oxygen atoms in total. The van der Waals surface area contributed by atoms with Gasteiger partial charge in [-0.3, -0.25) is 4.79 Å². The fraction of sp³-hybridized carbons (Fsp3) is 0.263. The van der Waals surface area contributed by atoms with Crippen LogP contribution in [0, 0.1) is 0 Å². The van der Waals surface area contributed by atoms with Crippen molar-refractivity contribution in [3.63, 3.8) is 0 Å². The predicted octanol–water partition coefficient (Wildman–Crippen LogP) is 3.94. The van der Waals surface area contributed by atoms with Gasteiger partial charge in [0.2, 0.25) is 0 Å². The van der Waals surface area contributed by atoms with E-state index in [4.69, 9.17) is 0 Å². The van der Waals surface area contributed by atoms with Crippen molar-refractivity contribution in [3.8, 4) is 0 Å². The second-order valence-corrected chi connectivity index (χ2v) is 6.48. The number of nitrogens with zero attached hydrogens (tertiary/aromatic N) is 2. The van der Waals surface area contributed by atoms with Crippen LogP contribution in [0.3, 0.4) is 0 Å². The first-order valence-electron chi connectivity index (χ1n) is 8.33. The molecule has 0 radical (unpaired) electrons. The summed E-state index contributed by atoms with van der Waals surface area (Å²) in [6.45, 7) is 1.23. The number of fused-ring (bicyclic) bond motifs is 1. The van der Waals surface area contributed by atoms with Crippen LogP contribution in [0.25, 0.3) is 10.8 Å². The maximum atomic E-state index is 13.0. The van der Waals surface area contributed by atoms with Crippen molar-refractivity contribution in [3.05, 3.63) is 70.0 Å². The number of aromatic amines is 1. The third-order valence-corrected chi connectivity index (χ3v) is 4.85. The van der Waals surface area contributed by atoms with Gasteiger partial charge in [-0.15, -0.1) is 0 Å². The Morgan fingerprint density at radius 1 is 1.08 bits per heavy atom. The molecule has 1 aliphatic rings. The Bertz CT molecular complexity index is 1010. The summed E-state index contributed by atoms with van der Waals surface area (Å²) >= 11 is 0. The third-order valence-electron chi connectivity index (χ3n) is 4.85. The van der Waals surface area contributed by atoms with Crippen LogP contribution in [0.4, 0.5) is 19.0 Å². The molecule has 1 unspecified atom stereocenters. The monoisotopic (exact) mass is 359 g/mol. The van der Waals surface area contributed by atoms with Gasteiger partial charge in [0.05, 0.1) is 10.9 Å². The highest BCUT2D eigenvalue weighted by atomic mass is 19.4. The maximum Gasteiger partial charge on any atom is 0.416 e. The quantitative estimate of drug-likeness (QED) is 0.754. The SMILES string of the molecule is O=c1[nH]nc(N2CCC(c3cccc(C(F)(F)F)c3)C2)c2ccccc12. The van der Waals surface area contributed by atoms with Crippen molar-refractivity contribution in [2.45, 2.75) is 18.5 Å². The predicted molar refractivity (Wildman–Crippen MR) is 93.4 cm³/mol. The summed E-state index contributed by atoms with van der Waals surface area (Å²) in [5.74, 6) is 0.652. The summed E-state index contributed by atoms with van der Waals surface area (Å²) in [5.41, 5.74) is -0.199. The Morgan fingerprint density at radius 2 is 1.85 bits per heavy atom. The van der Waals surface area contributed by atoms with Crippen LogP contribution in [0.15, 0.2) is 53.3 Å². The average Bonchev–Trinajstić information content (AvgIpc) is 3.12. The van der Waals surface area contributed by atoms with E-state index in [0.29, 0.717) is 29.9 Å². The summed E-state index contributed by atoms with van der Waals surface area (Å²) in [6.07, 6.45) is -3.61. The molecule has 1 atom stereocenters. The van der Waals surface area contributed by atoms with Gasteiger partial charge in [-0.2, -0.15) is 18.3 Å². The molecule has 0 bridgehead atoms. The molecule has 1 N–H and O–H groups in total. The van der Waals surface area contributed by atoms with Crippen LogP contribution in [0.1, 0.15) is 23.5 Å². The minimum Gasteiger partial charge on any atom is -0.354 e. The minimum absolute atomic E-state index is 0.00945. The number of anilines is 1. The summed E-state index contributed by atoms with van der Waals surface area (Å²) < 4.78 is 38.9. The zero-order valence-electron chi connectivity index (χ0n) is 13.8. The van der Waals surface area contributed by atoms with E-state index in [1.165, 1.54) is 12.1 Å². The molecule has 1 saturated heterocycles. The van der Waals surface area contributed by atoms with Gasteiger partial charge in [-0.25, -0.2) is 5.10 Å². The van der Waals surface area contributed by atoms with Gasteiger partial charge >= 0.3 is 6.18 Å². The van der Waals surface area contributed by atoms with Crippen LogP contribution in [-0.4, -0.2) is 23.3 Å². The van der Waals surface area contributed by atoms with Crippen molar-refractivity contribution >= 4 is 16.6 Å². The van der Waals surface area contributed by atoms with E-state index < -0.39 is 11.7 Å². The van der Waals surface area contributed by atoms with Gasteiger partial charge in [0, 0.05) is 24.4 Å². The summed E-state index contributed by atoms with van der Waals surface area (Å²) in [4.78, 5) is 13.9. The molecule has 26 heavy (non-hydrogen) atoms. The van der Waals surface area contributed by atoms with Crippen LogP contribution in [-0.2, 0) is 6.18 Å². The third kappa shape index (κ3) is 2.94. The normalized spacial score (nSPS) is 17.8. The van der Waals surface area contributed by atoms with Crippen molar-refractivity contribution in [1.82, 2.24) is 10.2 Å². The number of H-pyrrole nitrogens is 1. The maximum absolute atomic E-state index is 13.0. The Balaban J connectivity index is 1.64. The second-order valence-electron chi connectivity index (χ2n) is 6.48. The highest BCUT2D eigenvalue weighted by Gasteiger charge is 2.32. The lowest BCUT2D eigenvalue weighted by Gasteiger charge is -2.19. The van der Waals surface area contributed by atoms with Gasteiger partial charge in [-0.1, -0.05) is 36.4 Å². The van der Waals surface area contributed by atoms with E-state index in [2.05, 4.69) is 10.2 Å². The van der Waals surface area contributed by atoms with E-state index in [1.807, 2.05) is 17.0 Å². The van der Waals surface area contributed by atoms with Gasteiger partial charge in [0.15, 0.2) is 5.82 Å². The Labute approximate surface area is 147 Å². The number of hydrogen-bond donors (Lipinski definition) is 1. The average molecular weight is 359 g/mol. The molecule has 1 aromatic heterocycles. The summed E-state index contributed by atoms with van der Waals surface area (Å²) in [5, 5.41) is 8.00. The standard InChI is InChI=1S/C19H16F3N3O/c20-19(21,22)14-5-3-4-12(10-14)13-8-9-25(11-13)17-15-6-1-2-7-16(15)18(26)24-23-17/h1-7,10,13H,8-9,11H2,(H,24,26). The molecule has 0 spiro atoms. The van der Waals surface area contributed by atoms with Crippen molar-refractivity contribution in [2.75, 3.05) is 18.0 Å². The molecule has 2 aromatic carbocycles. The zero-order valence-corrected chi connectivity index (χ0v) is 13.8. The van der Waals surface area contributed by atoms with Crippen LogP contribution in [0.5, 0.6) is 0 Å². The Morgan fingerprint density at radius 3 is 2.62 bits per heavy atom. The molecule has 134 valence electrons. The lowest BCUT2D eigenvalue weighted by atomic mass is 9.96. The molecular formula is C19H16F3N3O. The topological polar surface area (TPSA) is 49.0 Å².